The second kappa shape index (κ2) is 6.02. The van der Waals surface area contributed by atoms with Crippen LogP contribution in [0.5, 0.6) is 0 Å². The maximum Gasteiger partial charge on any atom is 0.0166 e. The fraction of sp³-hybridized carbons (Fsp3) is 1.00. The predicted molar refractivity (Wildman–Crippen MR) is 71.5 cm³/mol. The largest absolute Gasteiger partial charge is 0.325 e. The zero-order valence-corrected chi connectivity index (χ0v) is 11.6. The fourth-order valence-corrected chi connectivity index (χ4v) is 2.55. The highest BCUT2D eigenvalue weighted by molar-refractivity contribution is 4.93. The summed E-state index contributed by atoms with van der Waals surface area (Å²) >= 11 is 0. The van der Waals surface area contributed by atoms with Gasteiger partial charge in [-0.05, 0) is 44.1 Å². The molecule has 96 valence electrons. The van der Waals surface area contributed by atoms with E-state index < -0.39 is 0 Å². The lowest BCUT2D eigenvalue weighted by Crippen LogP contribution is -2.49. The molecule has 0 aromatic heterocycles. The lowest BCUT2D eigenvalue weighted by molar-refractivity contribution is 0.161. The van der Waals surface area contributed by atoms with E-state index >= 15 is 0 Å². The zero-order valence-electron chi connectivity index (χ0n) is 11.6. The molecule has 2 N–H and O–H groups in total. The lowest BCUT2D eigenvalue weighted by Gasteiger charge is -2.40. The molecule has 1 saturated carbocycles. The summed E-state index contributed by atoms with van der Waals surface area (Å²) in [4.78, 5) is 2.60. The molecule has 0 spiro atoms. The van der Waals surface area contributed by atoms with E-state index in [1.807, 2.05) is 0 Å². The van der Waals surface area contributed by atoms with Gasteiger partial charge in [0.05, 0.1) is 0 Å². The molecule has 0 aromatic rings. The topological polar surface area (TPSA) is 29.3 Å². The molecule has 0 aromatic carbocycles. The summed E-state index contributed by atoms with van der Waals surface area (Å²) in [5, 5.41) is 0. The normalized spacial score (nSPS) is 19.5. The van der Waals surface area contributed by atoms with Crippen molar-refractivity contribution in [3.05, 3.63) is 0 Å². The van der Waals surface area contributed by atoms with Gasteiger partial charge in [0.1, 0.15) is 0 Å². The monoisotopic (exact) mass is 226 g/mol. The van der Waals surface area contributed by atoms with E-state index in [1.54, 1.807) is 0 Å². The first-order valence-electron chi connectivity index (χ1n) is 6.92. The molecule has 1 aliphatic carbocycles. The second-order valence-electron chi connectivity index (χ2n) is 6.51. The van der Waals surface area contributed by atoms with Crippen molar-refractivity contribution in [1.82, 2.24) is 4.90 Å². The highest BCUT2D eigenvalue weighted by Gasteiger charge is 2.32. The Morgan fingerprint density at radius 1 is 1.06 bits per heavy atom. The van der Waals surface area contributed by atoms with Gasteiger partial charge in [-0.2, -0.15) is 0 Å². The van der Waals surface area contributed by atoms with E-state index in [1.165, 1.54) is 45.3 Å². The molecule has 1 rings (SSSR count). The van der Waals surface area contributed by atoms with Crippen molar-refractivity contribution in [3.8, 4) is 0 Å². The van der Waals surface area contributed by atoms with Gasteiger partial charge in [0.2, 0.25) is 0 Å². The first kappa shape index (κ1) is 14.0. The summed E-state index contributed by atoms with van der Waals surface area (Å²) in [6.45, 7) is 12.8. The number of nitrogens with zero attached hydrogens (tertiary/aromatic N) is 1. The Labute approximate surface area is 102 Å². The van der Waals surface area contributed by atoms with Crippen LogP contribution in [0.3, 0.4) is 0 Å². The molecule has 0 bridgehead atoms. The first-order chi connectivity index (χ1) is 7.41. The van der Waals surface area contributed by atoms with Gasteiger partial charge in [-0.3, -0.25) is 0 Å². The summed E-state index contributed by atoms with van der Waals surface area (Å²) in [5.41, 5.74) is 6.47. The van der Waals surface area contributed by atoms with Crippen molar-refractivity contribution in [2.75, 3.05) is 19.6 Å². The SMILES string of the molecule is CC(C)CN(CCC1(N)CCC1)CC(C)C. The Kier molecular flexibility index (Phi) is 5.26. The van der Waals surface area contributed by atoms with E-state index in [2.05, 4.69) is 32.6 Å². The Hall–Kier alpha value is -0.0800. The van der Waals surface area contributed by atoms with Crippen LogP contribution in [0.4, 0.5) is 0 Å². The molecule has 1 aliphatic rings. The van der Waals surface area contributed by atoms with Gasteiger partial charge in [0.15, 0.2) is 0 Å². The number of nitrogens with two attached hydrogens (primary N) is 1. The molecule has 0 amide bonds. The summed E-state index contributed by atoms with van der Waals surface area (Å²) in [6.07, 6.45) is 5.01. The first-order valence-corrected chi connectivity index (χ1v) is 6.92. The van der Waals surface area contributed by atoms with Crippen molar-refractivity contribution in [1.29, 1.82) is 0 Å². The third-order valence-corrected chi connectivity index (χ3v) is 3.52. The number of rotatable bonds is 7. The van der Waals surface area contributed by atoms with Crippen LogP contribution in [0.2, 0.25) is 0 Å². The van der Waals surface area contributed by atoms with E-state index in [9.17, 15) is 0 Å². The van der Waals surface area contributed by atoms with Gasteiger partial charge in [-0.25, -0.2) is 0 Å². The minimum Gasteiger partial charge on any atom is -0.325 e. The van der Waals surface area contributed by atoms with Gasteiger partial charge in [-0.15, -0.1) is 0 Å². The quantitative estimate of drug-likeness (QED) is 0.723. The molecule has 0 atom stereocenters. The zero-order chi connectivity index (χ0) is 12.2. The Morgan fingerprint density at radius 3 is 1.88 bits per heavy atom. The Morgan fingerprint density at radius 2 is 1.56 bits per heavy atom. The summed E-state index contributed by atoms with van der Waals surface area (Å²) in [7, 11) is 0. The summed E-state index contributed by atoms with van der Waals surface area (Å²) < 4.78 is 0. The van der Waals surface area contributed by atoms with E-state index in [0.717, 1.165) is 11.8 Å². The van der Waals surface area contributed by atoms with Crippen molar-refractivity contribution in [3.63, 3.8) is 0 Å². The third-order valence-electron chi connectivity index (χ3n) is 3.52. The molecule has 0 unspecified atom stereocenters. The van der Waals surface area contributed by atoms with Crippen molar-refractivity contribution >= 4 is 0 Å². The molecule has 2 nitrogen and oxygen atoms in total. The van der Waals surface area contributed by atoms with E-state index in [4.69, 9.17) is 5.73 Å². The Balaban J connectivity index is 2.30. The van der Waals surface area contributed by atoms with Crippen LogP contribution in [0.1, 0.15) is 53.4 Å². The maximum absolute atomic E-state index is 6.29. The van der Waals surface area contributed by atoms with Crippen molar-refractivity contribution < 1.29 is 0 Å². The third kappa shape index (κ3) is 4.84. The van der Waals surface area contributed by atoms with Crippen LogP contribution in [-0.4, -0.2) is 30.1 Å². The molecule has 2 heteroatoms. The van der Waals surface area contributed by atoms with Gasteiger partial charge in [-0.1, -0.05) is 27.7 Å². The molecule has 0 radical (unpaired) electrons. The molecule has 16 heavy (non-hydrogen) atoms. The maximum atomic E-state index is 6.29. The lowest BCUT2D eigenvalue weighted by atomic mass is 9.75. The molecule has 0 heterocycles. The highest BCUT2D eigenvalue weighted by Crippen LogP contribution is 2.32. The predicted octanol–water partition coefficient (Wildman–Crippen LogP) is 2.87. The molecule has 1 fully saturated rings. The number of hydrogen-bond acceptors (Lipinski definition) is 2. The second-order valence-corrected chi connectivity index (χ2v) is 6.51. The van der Waals surface area contributed by atoms with Crippen LogP contribution >= 0.6 is 0 Å². The van der Waals surface area contributed by atoms with E-state index in [-0.39, 0.29) is 5.54 Å². The van der Waals surface area contributed by atoms with Crippen molar-refractivity contribution in [2.24, 2.45) is 17.6 Å². The van der Waals surface area contributed by atoms with Gasteiger partial charge < -0.3 is 10.6 Å². The minimum atomic E-state index is 0.187. The molecule has 0 aliphatic heterocycles. The standard InChI is InChI=1S/C14H30N2/c1-12(2)10-16(11-13(3)4)9-8-14(15)6-5-7-14/h12-13H,5-11,15H2,1-4H3. The van der Waals surface area contributed by atoms with Crippen LogP contribution in [0.25, 0.3) is 0 Å². The van der Waals surface area contributed by atoms with Gasteiger partial charge >= 0.3 is 0 Å². The van der Waals surface area contributed by atoms with Crippen molar-refractivity contribution in [2.45, 2.75) is 58.9 Å². The molecular weight excluding hydrogens is 196 g/mol. The van der Waals surface area contributed by atoms with E-state index in [0.29, 0.717) is 0 Å². The highest BCUT2D eigenvalue weighted by atomic mass is 15.1. The summed E-state index contributed by atoms with van der Waals surface area (Å²) in [6, 6.07) is 0. The number of hydrogen-bond donors (Lipinski definition) is 1. The van der Waals surface area contributed by atoms with Gasteiger partial charge in [0.25, 0.3) is 0 Å². The summed E-state index contributed by atoms with van der Waals surface area (Å²) in [5.74, 6) is 1.52. The minimum absolute atomic E-state index is 0.187. The molecule has 0 saturated heterocycles. The van der Waals surface area contributed by atoms with Crippen LogP contribution in [0.15, 0.2) is 0 Å². The van der Waals surface area contributed by atoms with Crippen LogP contribution < -0.4 is 5.73 Å². The van der Waals surface area contributed by atoms with Crippen LogP contribution in [-0.2, 0) is 0 Å². The smallest absolute Gasteiger partial charge is 0.0166 e. The average Bonchev–Trinajstić information content (AvgIpc) is 2.09. The fourth-order valence-electron chi connectivity index (χ4n) is 2.55. The Bertz CT molecular complexity index is 185. The van der Waals surface area contributed by atoms with Gasteiger partial charge in [0, 0.05) is 18.6 Å². The molecular formula is C14H30N2. The van der Waals surface area contributed by atoms with Crippen LogP contribution in [0, 0.1) is 11.8 Å². The average molecular weight is 226 g/mol.